The number of nitrogens with one attached hydrogen (secondary N) is 1. The molecule has 2 aromatic carbocycles. The van der Waals surface area contributed by atoms with Gasteiger partial charge in [0.05, 0.1) is 0 Å². The molecule has 2 aromatic rings. The summed E-state index contributed by atoms with van der Waals surface area (Å²) in [7, 11) is 0. The van der Waals surface area contributed by atoms with E-state index in [1.54, 1.807) is 0 Å². The maximum atomic E-state index is 13.1. The van der Waals surface area contributed by atoms with Crippen LogP contribution in [0.15, 0.2) is 42.5 Å². The number of benzene rings is 2. The summed E-state index contributed by atoms with van der Waals surface area (Å²) in [6, 6.07) is 11.7. The molecule has 5 heteroatoms. The summed E-state index contributed by atoms with van der Waals surface area (Å²) in [6.45, 7) is 1.56. The van der Waals surface area contributed by atoms with Crippen LogP contribution in [0.25, 0.3) is 0 Å². The molecule has 3 N–H and O–H groups in total. The first-order chi connectivity index (χ1) is 10.5. The van der Waals surface area contributed by atoms with E-state index >= 15 is 0 Å². The van der Waals surface area contributed by atoms with Crippen LogP contribution in [-0.4, -0.2) is 12.6 Å². The molecule has 0 saturated heterocycles. The van der Waals surface area contributed by atoms with E-state index in [9.17, 15) is 8.78 Å². The predicted molar refractivity (Wildman–Crippen MR) is 93.5 cm³/mol. The average Bonchev–Trinajstić information content (AvgIpc) is 2.42. The molecule has 0 aliphatic rings. The van der Waals surface area contributed by atoms with E-state index in [0.717, 1.165) is 25.6 Å². The fraction of sp³-hybridized carbons (Fsp3) is 0.294. The summed E-state index contributed by atoms with van der Waals surface area (Å²) < 4.78 is 27.4. The zero-order chi connectivity index (χ0) is 15.9. The van der Waals surface area contributed by atoms with E-state index in [0.29, 0.717) is 12.0 Å². The second-order valence-corrected chi connectivity index (χ2v) is 6.58. The van der Waals surface area contributed by atoms with Gasteiger partial charge in [-0.25, -0.2) is 8.78 Å². The zero-order valence-electron chi connectivity index (χ0n) is 12.2. The highest BCUT2D eigenvalue weighted by Crippen LogP contribution is 2.11. The molecule has 0 radical (unpaired) electrons. The van der Waals surface area contributed by atoms with Crippen LogP contribution in [0.3, 0.4) is 0 Å². The standard InChI is InChI=1S/C17H19F2IN2/c18-14-6-13(7-15(19)10-14)9-17(21)4-5-22-11-12-2-1-3-16(20)8-12/h1-3,6-8,10,17,22H,4-5,9,11,21H2/t17-/m1/s1. The van der Waals surface area contributed by atoms with E-state index in [-0.39, 0.29) is 6.04 Å². The second kappa shape index (κ2) is 8.55. The number of hydrogen-bond acceptors (Lipinski definition) is 2. The van der Waals surface area contributed by atoms with Crippen LogP contribution in [0.5, 0.6) is 0 Å². The molecule has 1 atom stereocenters. The zero-order valence-corrected chi connectivity index (χ0v) is 14.3. The Hall–Kier alpha value is -1.05. The summed E-state index contributed by atoms with van der Waals surface area (Å²) in [5.41, 5.74) is 7.85. The summed E-state index contributed by atoms with van der Waals surface area (Å²) in [5, 5.41) is 3.34. The largest absolute Gasteiger partial charge is 0.327 e. The van der Waals surface area contributed by atoms with Gasteiger partial charge in [0.2, 0.25) is 0 Å². The van der Waals surface area contributed by atoms with E-state index in [1.807, 2.05) is 6.07 Å². The molecular formula is C17H19F2IN2. The minimum atomic E-state index is -0.556. The maximum Gasteiger partial charge on any atom is 0.126 e. The van der Waals surface area contributed by atoms with Crippen LogP contribution in [0, 0.1) is 15.2 Å². The quantitative estimate of drug-likeness (QED) is 0.535. The monoisotopic (exact) mass is 416 g/mol. The number of rotatable bonds is 7. The Morgan fingerprint density at radius 2 is 1.77 bits per heavy atom. The van der Waals surface area contributed by atoms with Gasteiger partial charge in [-0.2, -0.15) is 0 Å². The summed E-state index contributed by atoms with van der Waals surface area (Å²) in [6.07, 6.45) is 1.22. The molecule has 0 aliphatic heterocycles. The minimum Gasteiger partial charge on any atom is -0.327 e. The molecule has 0 spiro atoms. The maximum absolute atomic E-state index is 13.1. The van der Waals surface area contributed by atoms with Gasteiger partial charge in [0.25, 0.3) is 0 Å². The first-order valence-electron chi connectivity index (χ1n) is 7.18. The van der Waals surface area contributed by atoms with Crippen LogP contribution in [0.1, 0.15) is 17.5 Å². The number of halogens is 3. The van der Waals surface area contributed by atoms with E-state index in [4.69, 9.17) is 5.73 Å². The lowest BCUT2D eigenvalue weighted by molar-refractivity contribution is 0.548. The highest BCUT2D eigenvalue weighted by molar-refractivity contribution is 14.1. The molecular weight excluding hydrogens is 397 g/mol. The van der Waals surface area contributed by atoms with Gasteiger partial charge in [-0.3, -0.25) is 0 Å². The molecule has 2 nitrogen and oxygen atoms in total. The fourth-order valence-electron chi connectivity index (χ4n) is 2.30. The van der Waals surface area contributed by atoms with Crippen LogP contribution in [0.4, 0.5) is 8.78 Å². The Morgan fingerprint density at radius 1 is 1.05 bits per heavy atom. The Bertz CT molecular complexity index is 599. The van der Waals surface area contributed by atoms with Crippen LogP contribution in [0.2, 0.25) is 0 Å². The van der Waals surface area contributed by atoms with Crippen molar-refractivity contribution in [2.45, 2.75) is 25.4 Å². The topological polar surface area (TPSA) is 38.0 Å². The third kappa shape index (κ3) is 5.98. The van der Waals surface area contributed by atoms with Gasteiger partial charge in [0.15, 0.2) is 0 Å². The van der Waals surface area contributed by atoms with Crippen molar-refractivity contribution >= 4 is 22.6 Å². The Labute approximate surface area is 143 Å². The van der Waals surface area contributed by atoms with Crippen LogP contribution in [-0.2, 0) is 13.0 Å². The number of nitrogens with two attached hydrogens (primary N) is 1. The lowest BCUT2D eigenvalue weighted by Gasteiger charge is -2.13. The van der Waals surface area contributed by atoms with E-state index in [2.05, 4.69) is 46.1 Å². The van der Waals surface area contributed by atoms with Gasteiger partial charge < -0.3 is 11.1 Å². The lowest BCUT2D eigenvalue weighted by Crippen LogP contribution is -2.28. The molecule has 0 heterocycles. The SMILES string of the molecule is N[C@H](CCNCc1cccc(I)c1)Cc1cc(F)cc(F)c1. The molecule has 22 heavy (non-hydrogen) atoms. The fourth-order valence-corrected chi connectivity index (χ4v) is 2.91. The third-order valence-corrected chi connectivity index (χ3v) is 4.00. The molecule has 2 rings (SSSR count). The van der Waals surface area contributed by atoms with Crippen molar-refractivity contribution in [1.29, 1.82) is 0 Å². The van der Waals surface area contributed by atoms with Gasteiger partial charge in [-0.1, -0.05) is 12.1 Å². The van der Waals surface area contributed by atoms with Gasteiger partial charge in [0, 0.05) is 22.2 Å². The first kappa shape index (κ1) is 17.3. The molecule has 0 fully saturated rings. The van der Waals surface area contributed by atoms with E-state index < -0.39 is 11.6 Å². The van der Waals surface area contributed by atoms with Crippen molar-refractivity contribution in [3.05, 3.63) is 68.8 Å². The van der Waals surface area contributed by atoms with Crippen LogP contribution < -0.4 is 11.1 Å². The van der Waals surface area contributed by atoms with Crippen molar-refractivity contribution in [1.82, 2.24) is 5.32 Å². The van der Waals surface area contributed by atoms with Crippen molar-refractivity contribution in [2.24, 2.45) is 5.73 Å². The second-order valence-electron chi connectivity index (χ2n) is 5.34. The van der Waals surface area contributed by atoms with Crippen molar-refractivity contribution in [2.75, 3.05) is 6.54 Å². The summed E-state index contributed by atoms with van der Waals surface area (Å²) >= 11 is 2.29. The van der Waals surface area contributed by atoms with Gasteiger partial charge in [-0.15, -0.1) is 0 Å². The molecule has 0 amide bonds. The lowest BCUT2D eigenvalue weighted by atomic mass is 10.0. The Kier molecular flexibility index (Phi) is 6.72. The van der Waals surface area contributed by atoms with Crippen LogP contribution >= 0.6 is 22.6 Å². The van der Waals surface area contributed by atoms with Crippen molar-refractivity contribution < 1.29 is 8.78 Å². The molecule has 0 aliphatic carbocycles. The predicted octanol–water partition coefficient (Wildman–Crippen LogP) is 3.62. The Morgan fingerprint density at radius 3 is 2.45 bits per heavy atom. The van der Waals surface area contributed by atoms with E-state index in [1.165, 1.54) is 21.3 Å². The third-order valence-electron chi connectivity index (χ3n) is 3.33. The molecule has 0 unspecified atom stereocenters. The summed E-state index contributed by atoms with van der Waals surface area (Å²) in [5.74, 6) is -1.11. The van der Waals surface area contributed by atoms with Gasteiger partial charge >= 0.3 is 0 Å². The minimum absolute atomic E-state index is 0.121. The van der Waals surface area contributed by atoms with Gasteiger partial charge in [-0.05, 0) is 77.4 Å². The Balaban J connectivity index is 1.72. The summed E-state index contributed by atoms with van der Waals surface area (Å²) in [4.78, 5) is 0. The normalized spacial score (nSPS) is 12.4. The first-order valence-corrected chi connectivity index (χ1v) is 8.26. The number of hydrogen-bond donors (Lipinski definition) is 2. The molecule has 0 saturated carbocycles. The molecule has 0 aromatic heterocycles. The highest BCUT2D eigenvalue weighted by atomic mass is 127. The van der Waals surface area contributed by atoms with Gasteiger partial charge in [0.1, 0.15) is 11.6 Å². The molecule has 0 bridgehead atoms. The molecule has 118 valence electrons. The highest BCUT2D eigenvalue weighted by Gasteiger charge is 2.07. The van der Waals surface area contributed by atoms with Crippen molar-refractivity contribution in [3.63, 3.8) is 0 Å². The smallest absolute Gasteiger partial charge is 0.126 e. The average molecular weight is 416 g/mol. The van der Waals surface area contributed by atoms with Crippen molar-refractivity contribution in [3.8, 4) is 0 Å².